The van der Waals surface area contributed by atoms with Crippen molar-refractivity contribution in [2.75, 3.05) is 5.23 Å². The Balaban J connectivity index is 2.75. The van der Waals surface area contributed by atoms with Crippen LogP contribution in [0.5, 0.6) is 0 Å². The third-order valence-electron chi connectivity index (χ3n) is 1.86. The Morgan fingerprint density at radius 1 is 1.50 bits per heavy atom. The third-order valence-corrected chi connectivity index (χ3v) is 1.86. The van der Waals surface area contributed by atoms with Gasteiger partial charge in [0.2, 0.25) is 7.98 Å². The Morgan fingerprint density at radius 2 is 2.33 bits per heavy atom. The first-order valence-corrected chi connectivity index (χ1v) is 3.85. The second-order valence-electron chi connectivity index (χ2n) is 2.78. The van der Waals surface area contributed by atoms with E-state index in [2.05, 4.69) is 16.5 Å². The summed E-state index contributed by atoms with van der Waals surface area (Å²) in [5.41, 5.74) is 2.03. The lowest BCUT2D eigenvalue weighted by Crippen LogP contribution is -1.89. The molecule has 0 aliphatic heterocycles. The first-order chi connectivity index (χ1) is 5.81. The smallest absolute Gasteiger partial charge is 0.216 e. The number of nitrogens with zero attached hydrogens (tertiary/aromatic N) is 1. The maximum absolute atomic E-state index is 5.08. The molecule has 60 valence electrons. The SMILES string of the molecule is BNc1noc2ccc(C)cc12. The summed E-state index contributed by atoms with van der Waals surface area (Å²) in [5, 5.41) is 7.88. The zero-order chi connectivity index (χ0) is 8.55. The van der Waals surface area contributed by atoms with Crippen molar-refractivity contribution in [1.29, 1.82) is 0 Å². The molecule has 0 atom stereocenters. The molecule has 1 aromatic heterocycles. The predicted octanol–water partition coefficient (Wildman–Crippen LogP) is 1.10. The van der Waals surface area contributed by atoms with Crippen LogP contribution in [0.1, 0.15) is 5.56 Å². The molecule has 2 aromatic rings. The molecule has 0 saturated heterocycles. The van der Waals surface area contributed by atoms with E-state index >= 15 is 0 Å². The molecule has 0 radical (unpaired) electrons. The second kappa shape index (κ2) is 2.55. The average molecular weight is 160 g/mol. The topological polar surface area (TPSA) is 38.1 Å². The fourth-order valence-corrected chi connectivity index (χ4v) is 1.23. The monoisotopic (exact) mass is 160 g/mol. The molecule has 1 N–H and O–H groups in total. The van der Waals surface area contributed by atoms with Crippen molar-refractivity contribution in [2.45, 2.75) is 6.92 Å². The lowest BCUT2D eigenvalue weighted by molar-refractivity contribution is 0.460. The predicted molar refractivity (Wildman–Crippen MR) is 50.9 cm³/mol. The van der Waals surface area contributed by atoms with Crippen molar-refractivity contribution in [2.24, 2.45) is 0 Å². The first kappa shape index (κ1) is 7.22. The number of aryl methyl sites for hydroxylation is 1. The van der Waals surface area contributed by atoms with Crippen LogP contribution in [0, 0.1) is 6.92 Å². The summed E-state index contributed by atoms with van der Waals surface area (Å²) >= 11 is 0. The van der Waals surface area contributed by atoms with Gasteiger partial charge in [0, 0.05) is 0 Å². The van der Waals surface area contributed by atoms with E-state index in [4.69, 9.17) is 4.52 Å². The van der Waals surface area contributed by atoms with Crippen LogP contribution >= 0.6 is 0 Å². The number of anilines is 1. The van der Waals surface area contributed by atoms with E-state index in [9.17, 15) is 0 Å². The van der Waals surface area contributed by atoms with Gasteiger partial charge < -0.3 is 9.75 Å². The molecule has 0 fully saturated rings. The Labute approximate surface area is 71.2 Å². The zero-order valence-corrected chi connectivity index (χ0v) is 7.09. The molecule has 3 nitrogen and oxygen atoms in total. The molecule has 0 aliphatic rings. The molecular formula is C8H9BN2O. The van der Waals surface area contributed by atoms with Gasteiger partial charge in [-0.1, -0.05) is 16.8 Å². The molecule has 4 heteroatoms. The molecule has 12 heavy (non-hydrogen) atoms. The summed E-state index contributed by atoms with van der Waals surface area (Å²) < 4.78 is 5.08. The maximum Gasteiger partial charge on any atom is 0.216 e. The Morgan fingerprint density at radius 3 is 3.08 bits per heavy atom. The maximum atomic E-state index is 5.08. The summed E-state index contributed by atoms with van der Waals surface area (Å²) in [4.78, 5) is 0. The highest BCUT2D eigenvalue weighted by Crippen LogP contribution is 2.22. The van der Waals surface area contributed by atoms with Crippen molar-refractivity contribution in [1.82, 2.24) is 5.16 Å². The van der Waals surface area contributed by atoms with Gasteiger partial charge in [-0.15, -0.1) is 0 Å². The van der Waals surface area contributed by atoms with Crippen LogP contribution in [0.25, 0.3) is 11.0 Å². The van der Waals surface area contributed by atoms with Crippen molar-refractivity contribution >= 4 is 24.8 Å². The molecule has 0 amide bonds. The molecule has 0 aliphatic carbocycles. The lowest BCUT2D eigenvalue weighted by atomic mass is 10.2. The summed E-state index contributed by atoms with van der Waals surface area (Å²) in [5.74, 6) is 0.800. The van der Waals surface area contributed by atoms with Crippen LogP contribution in [-0.4, -0.2) is 13.1 Å². The van der Waals surface area contributed by atoms with Crippen LogP contribution in [0.4, 0.5) is 5.82 Å². The summed E-state index contributed by atoms with van der Waals surface area (Å²) in [6, 6.07) is 5.99. The van der Waals surface area contributed by atoms with E-state index < -0.39 is 0 Å². The molecule has 1 heterocycles. The zero-order valence-electron chi connectivity index (χ0n) is 7.09. The molecule has 2 rings (SSSR count). The van der Waals surface area contributed by atoms with E-state index in [-0.39, 0.29) is 0 Å². The number of nitrogens with one attached hydrogen (secondary N) is 1. The van der Waals surface area contributed by atoms with Gasteiger partial charge in [0.25, 0.3) is 0 Å². The minimum atomic E-state index is 0.800. The van der Waals surface area contributed by atoms with Gasteiger partial charge in [0.15, 0.2) is 11.4 Å². The van der Waals surface area contributed by atoms with E-state index in [0.717, 1.165) is 16.8 Å². The van der Waals surface area contributed by atoms with Crippen molar-refractivity contribution in [3.05, 3.63) is 23.8 Å². The Hall–Kier alpha value is -1.45. The number of aromatic nitrogens is 1. The van der Waals surface area contributed by atoms with Crippen LogP contribution in [-0.2, 0) is 0 Å². The number of benzene rings is 1. The Bertz CT molecular complexity index is 410. The normalized spacial score (nSPS) is 10.4. The van der Waals surface area contributed by atoms with E-state index in [0.29, 0.717) is 0 Å². The van der Waals surface area contributed by atoms with Gasteiger partial charge in [-0.25, -0.2) is 0 Å². The highest BCUT2D eigenvalue weighted by atomic mass is 16.5. The average Bonchev–Trinajstić information content (AvgIpc) is 2.46. The number of fused-ring (bicyclic) bond motifs is 1. The number of hydrogen-bond acceptors (Lipinski definition) is 3. The molecule has 1 aromatic carbocycles. The van der Waals surface area contributed by atoms with Crippen LogP contribution < -0.4 is 5.23 Å². The van der Waals surface area contributed by atoms with Gasteiger partial charge in [0.05, 0.1) is 5.39 Å². The highest BCUT2D eigenvalue weighted by Gasteiger charge is 2.04. The number of hydrogen-bond donors (Lipinski definition) is 1. The molecule has 0 bridgehead atoms. The third kappa shape index (κ3) is 0.960. The first-order valence-electron chi connectivity index (χ1n) is 3.85. The molecule has 0 saturated carbocycles. The van der Waals surface area contributed by atoms with Crippen molar-refractivity contribution < 1.29 is 4.52 Å². The quantitative estimate of drug-likeness (QED) is 0.634. The summed E-state index contributed by atoms with van der Waals surface area (Å²) in [6.45, 7) is 2.05. The van der Waals surface area contributed by atoms with Crippen LogP contribution in [0.2, 0.25) is 0 Å². The second-order valence-corrected chi connectivity index (χ2v) is 2.78. The van der Waals surface area contributed by atoms with E-state index in [1.165, 1.54) is 5.56 Å². The minimum Gasteiger partial charge on any atom is -0.416 e. The molecular weight excluding hydrogens is 151 g/mol. The highest BCUT2D eigenvalue weighted by molar-refractivity contribution is 6.17. The largest absolute Gasteiger partial charge is 0.416 e. The van der Waals surface area contributed by atoms with Gasteiger partial charge in [-0.05, 0) is 19.1 Å². The van der Waals surface area contributed by atoms with Gasteiger partial charge >= 0.3 is 0 Å². The van der Waals surface area contributed by atoms with Gasteiger partial charge in [0.1, 0.15) is 0 Å². The lowest BCUT2D eigenvalue weighted by Gasteiger charge is -1.93. The van der Waals surface area contributed by atoms with Gasteiger partial charge in [-0.2, -0.15) is 0 Å². The van der Waals surface area contributed by atoms with Gasteiger partial charge in [-0.3, -0.25) is 0 Å². The van der Waals surface area contributed by atoms with E-state index in [1.807, 2.05) is 27.0 Å². The fourth-order valence-electron chi connectivity index (χ4n) is 1.23. The van der Waals surface area contributed by atoms with E-state index in [1.54, 1.807) is 0 Å². The number of rotatable bonds is 1. The Kier molecular flexibility index (Phi) is 1.53. The fraction of sp³-hybridized carbons (Fsp3) is 0.125. The van der Waals surface area contributed by atoms with Crippen molar-refractivity contribution in [3.63, 3.8) is 0 Å². The molecule has 0 spiro atoms. The summed E-state index contributed by atoms with van der Waals surface area (Å²) in [6.07, 6.45) is 0. The van der Waals surface area contributed by atoms with Crippen LogP contribution in [0.15, 0.2) is 22.7 Å². The summed E-state index contributed by atoms with van der Waals surface area (Å²) in [7, 11) is 1.83. The standard InChI is InChI=1S/C8H9BN2O/c1-5-2-3-7-6(4-5)8(10-9)11-12-7/h2-4H,9H2,1H3,(H,10,11). The minimum absolute atomic E-state index is 0.800. The van der Waals surface area contributed by atoms with Crippen LogP contribution in [0.3, 0.4) is 0 Å². The van der Waals surface area contributed by atoms with Crippen molar-refractivity contribution in [3.8, 4) is 0 Å². The molecule has 0 unspecified atom stereocenters.